The summed E-state index contributed by atoms with van der Waals surface area (Å²) in [6, 6.07) is 4.21. The highest BCUT2D eigenvalue weighted by Gasteiger charge is 2.74. The second-order valence-corrected chi connectivity index (χ2v) is 6.32. The van der Waals surface area contributed by atoms with E-state index in [4.69, 9.17) is 5.73 Å². The van der Waals surface area contributed by atoms with Gasteiger partial charge in [-0.2, -0.15) is 49.2 Å². The highest BCUT2D eigenvalue weighted by Crippen LogP contribution is 2.51. The Morgan fingerprint density at radius 2 is 1.45 bits per heavy atom. The average Bonchev–Trinajstić information content (AvgIpc) is 2.63. The first-order chi connectivity index (χ1) is 13.9. The monoisotopic (exact) mass is 460 g/mol. The smallest absolute Gasteiger partial charge is 0.399 e. The van der Waals surface area contributed by atoms with Crippen LogP contribution in [0.2, 0.25) is 0 Å². The zero-order valence-corrected chi connectivity index (χ0v) is 15.1. The molecule has 0 saturated carbocycles. The molecule has 4 nitrogen and oxygen atoms in total. The van der Waals surface area contributed by atoms with Crippen molar-refractivity contribution in [3.63, 3.8) is 0 Å². The number of alkyl halides is 10. The van der Waals surface area contributed by atoms with E-state index < -0.39 is 53.4 Å². The van der Waals surface area contributed by atoms with E-state index in [0.29, 0.717) is 5.56 Å². The van der Waals surface area contributed by atoms with E-state index in [1.807, 2.05) is 0 Å². The fraction of sp³-hybridized carbons (Fsp3) is 0.353. The molecular formula is C17H10F10N4. The Hall–Kier alpha value is -3.11. The molecule has 1 heterocycles. The minimum Gasteiger partial charge on any atom is -0.399 e. The predicted molar refractivity (Wildman–Crippen MR) is 85.0 cm³/mol. The molecule has 168 valence electrons. The number of anilines is 1. The van der Waals surface area contributed by atoms with Crippen molar-refractivity contribution >= 4 is 5.69 Å². The van der Waals surface area contributed by atoms with Gasteiger partial charge < -0.3 is 5.73 Å². The molecule has 2 rings (SSSR count). The van der Waals surface area contributed by atoms with Gasteiger partial charge in [-0.05, 0) is 30.2 Å². The maximum absolute atomic E-state index is 14.0. The molecule has 14 heteroatoms. The Balaban J connectivity index is 2.78. The van der Waals surface area contributed by atoms with E-state index in [-0.39, 0.29) is 11.3 Å². The van der Waals surface area contributed by atoms with Gasteiger partial charge in [-0.15, -0.1) is 0 Å². The number of nitrogens with zero attached hydrogens (tertiary/aromatic N) is 3. The van der Waals surface area contributed by atoms with Crippen LogP contribution in [0.15, 0.2) is 24.3 Å². The lowest BCUT2D eigenvalue weighted by molar-refractivity contribution is -0.360. The van der Waals surface area contributed by atoms with Gasteiger partial charge in [-0.1, -0.05) is 12.1 Å². The normalized spacial score (nSPS) is 14.3. The van der Waals surface area contributed by atoms with Crippen molar-refractivity contribution in [2.75, 3.05) is 5.73 Å². The molecule has 0 spiro atoms. The van der Waals surface area contributed by atoms with Crippen molar-refractivity contribution in [2.24, 2.45) is 0 Å². The number of halogens is 10. The van der Waals surface area contributed by atoms with Crippen LogP contribution in [-0.2, 0) is 12.1 Å². The van der Waals surface area contributed by atoms with Crippen molar-refractivity contribution in [1.82, 2.24) is 9.97 Å². The minimum atomic E-state index is -6.80. The SMILES string of the molecule is Cc1cc(C(C#N)c2nc(C(F)(F)F)cc(C(F)(F)C(F)(F)C(F)(F)F)n2)ccc1N. The summed E-state index contributed by atoms with van der Waals surface area (Å²) in [5, 5.41) is 9.31. The molecule has 1 unspecified atom stereocenters. The molecule has 1 aromatic heterocycles. The van der Waals surface area contributed by atoms with Crippen LogP contribution in [0.25, 0.3) is 0 Å². The molecule has 0 fully saturated rings. The number of aromatic nitrogens is 2. The second-order valence-electron chi connectivity index (χ2n) is 6.32. The first-order valence-electron chi connectivity index (χ1n) is 7.98. The molecule has 0 saturated heterocycles. The number of aryl methyl sites for hydroxylation is 1. The number of benzene rings is 1. The van der Waals surface area contributed by atoms with Gasteiger partial charge >= 0.3 is 24.2 Å². The number of nitrogens with two attached hydrogens (primary N) is 1. The highest BCUT2D eigenvalue weighted by atomic mass is 19.4. The molecule has 31 heavy (non-hydrogen) atoms. The van der Waals surface area contributed by atoms with E-state index in [9.17, 15) is 49.2 Å². The van der Waals surface area contributed by atoms with E-state index in [1.54, 1.807) is 0 Å². The van der Waals surface area contributed by atoms with E-state index in [1.165, 1.54) is 25.1 Å². The number of hydrogen-bond donors (Lipinski definition) is 1. The molecule has 0 aliphatic heterocycles. The molecule has 1 aromatic carbocycles. The summed E-state index contributed by atoms with van der Waals surface area (Å²) in [6.07, 6.45) is -12.3. The lowest BCUT2D eigenvalue weighted by Gasteiger charge is -2.28. The fourth-order valence-corrected chi connectivity index (χ4v) is 2.40. The first-order valence-corrected chi connectivity index (χ1v) is 7.98. The third-order valence-electron chi connectivity index (χ3n) is 4.12. The van der Waals surface area contributed by atoms with Gasteiger partial charge in [0.1, 0.15) is 17.3 Å². The summed E-state index contributed by atoms with van der Waals surface area (Å²) in [4.78, 5) is 5.72. The van der Waals surface area contributed by atoms with Crippen molar-refractivity contribution in [2.45, 2.75) is 37.0 Å². The average molecular weight is 460 g/mol. The van der Waals surface area contributed by atoms with Crippen LogP contribution in [0, 0.1) is 18.3 Å². The van der Waals surface area contributed by atoms with Crippen LogP contribution < -0.4 is 5.73 Å². The Labute approximate surface area is 167 Å². The van der Waals surface area contributed by atoms with E-state index in [0.717, 1.165) is 6.07 Å². The zero-order valence-electron chi connectivity index (χ0n) is 15.1. The Kier molecular flexibility index (Phi) is 5.88. The van der Waals surface area contributed by atoms with Gasteiger partial charge in [0.05, 0.1) is 6.07 Å². The predicted octanol–water partition coefficient (Wildman–Crippen LogP) is 5.33. The van der Waals surface area contributed by atoms with E-state index in [2.05, 4.69) is 9.97 Å². The quantitative estimate of drug-likeness (QED) is 0.495. The summed E-state index contributed by atoms with van der Waals surface area (Å²) < 4.78 is 132. The van der Waals surface area contributed by atoms with Crippen LogP contribution in [-0.4, -0.2) is 22.1 Å². The van der Waals surface area contributed by atoms with Gasteiger partial charge in [0.25, 0.3) is 0 Å². The summed E-state index contributed by atoms with van der Waals surface area (Å²) in [5.41, 5.74) is 1.17. The van der Waals surface area contributed by atoms with Crippen LogP contribution in [0.5, 0.6) is 0 Å². The highest BCUT2D eigenvalue weighted by molar-refractivity contribution is 5.50. The first kappa shape index (κ1) is 24.2. The maximum Gasteiger partial charge on any atom is 0.460 e. The van der Waals surface area contributed by atoms with Crippen molar-refractivity contribution in [3.05, 3.63) is 52.6 Å². The summed E-state index contributed by atoms with van der Waals surface area (Å²) >= 11 is 0. The van der Waals surface area contributed by atoms with Gasteiger partial charge in [0.15, 0.2) is 5.82 Å². The fourth-order valence-electron chi connectivity index (χ4n) is 2.40. The molecular weight excluding hydrogens is 450 g/mol. The molecule has 0 aliphatic rings. The molecule has 2 aromatic rings. The van der Waals surface area contributed by atoms with Gasteiger partial charge in [-0.3, -0.25) is 0 Å². The molecule has 0 bridgehead atoms. The second kappa shape index (κ2) is 7.54. The van der Waals surface area contributed by atoms with Crippen molar-refractivity contribution in [3.8, 4) is 6.07 Å². The molecule has 1 atom stereocenters. The lowest BCUT2D eigenvalue weighted by atomic mass is 9.96. The van der Waals surface area contributed by atoms with Gasteiger partial charge in [0, 0.05) is 5.69 Å². The van der Waals surface area contributed by atoms with Crippen LogP contribution in [0.3, 0.4) is 0 Å². The van der Waals surface area contributed by atoms with Crippen LogP contribution in [0.1, 0.15) is 34.3 Å². The zero-order chi connectivity index (χ0) is 24.0. The Morgan fingerprint density at radius 3 is 1.90 bits per heavy atom. The van der Waals surface area contributed by atoms with Crippen molar-refractivity contribution in [1.29, 1.82) is 5.26 Å². The standard InChI is InChI=1S/C17H10F10N4/c1-7-4-8(2-3-10(7)29)9(6-28)13-30-11(5-12(31-13)15(20,21)22)14(18,19)16(23,24)17(25,26)27/h2-5,9H,29H2,1H3. The summed E-state index contributed by atoms with van der Waals surface area (Å²) in [7, 11) is 0. The Morgan fingerprint density at radius 1 is 0.903 bits per heavy atom. The third-order valence-corrected chi connectivity index (χ3v) is 4.12. The maximum atomic E-state index is 14.0. The third kappa shape index (κ3) is 4.35. The Bertz CT molecular complexity index is 1020. The topological polar surface area (TPSA) is 75.6 Å². The molecule has 2 N–H and O–H groups in total. The number of nitrogen functional groups attached to an aromatic ring is 1. The minimum absolute atomic E-state index is 0.148. The number of rotatable bonds is 4. The molecule has 0 radical (unpaired) electrons. The van der Waals surface area contributed by atoms with E-state index >= 15 is 0 Å². The largest absolute Gasteiger partial charge is 0.460 e. The summed E-state index contributed by atoms with van der Waals surface area (Å²) in [5.74, 6) is -16.2. The van der Waals surface area contributed by atoms with Gasteiger partial charge in [0.2, 0.25) is 0 Å². The molecule has 0 aliphatic carbocycles. The summed E-state index contributed by atoms with van der Waals surface area (Å²) in [6.45, 7) is 1.43. The van der Waals surface area contributed by atoms with Crippen LogP contribution >= 0.6 is 0 Å². The van der Waals surface area contributed by atoms with Gasteiger partial charge in [-0.25, -0.2) is 9.97 Å². The van der Waals surface area contributed by atoms with Crippen molar-refractivity contribution < 1.29 is 43.9 Å². The lowest BCUT2D eigenvalue weighted by Crippen LogP contribution is -2.50. The van der Waals surface area contributed by atoms with Crippen LogP contribution in [0.4, 0.5) is 49.6 Å². The molecule has 0 amide bonds. The number of nitriles is 1. The number of hydrogen-bond acceptors (Lipinski definition) is 4.